The van der Waals surface area contributed by atoms with Gasteiger partial charge in [0.2, 0.25) is 0 Å². The molecule has 2 aromatic carbocycles. The van der Waals surface area contributed by atoms with Crippen LogP contribution in [0.4, 0.5) is 5.69 Å². The molecule has 2 heterocycles. The Balaban J connectivity index is 1.27. The van der Waals surface area contributed by atoms with Crippen LogP contribution in [-0.2, 0) is 24.2 Å². The number of para-hydroxylation sites is 1. The van der Waals surface area contributed by atoms with Crippen LogP contribution in [0.2, 0.25) is 0 Å². The van der Waals surface area contributed by atoms with Crippen LogP contribution in [0, 0.1) is 11.8 Å². The van der Waals surface area contributed by atoms with E-state index >= 15 is 0 Å². The molecule has 0 fully saturated rings. The minimum Gasteiger partial charge on any atom is -0.485 e. The van der Waals surface area contributed by atoms with Gasteiger partial charge in [-0.1, -0.05) is 60.4 Å². The molecule has 0 aliphatic heterocycles. The molecule has 192 valence electrons. The first-order chi connectivity index (χ1) is 18.7. The summed E-state index contributed by atoms with van der Waals surface area (Å²) in [6.45, 7) is 1.12. The fourth-order valence-electron chi connectivity index (χ4n) is 4.79. The normalized spacial score (nSPS) is 12.2. The highest BCUT2D eigenvalue weighted by Gasteiger charge is 2.19. The molecular formula is C32H31N3O3. The van der Waals surface area contributed by atoms with Crippen molar-refractivity contribution in [2.75, 3.05) is 19.0 Å². The minimum absolute atomic E-state index is 0.131. The van der Waals surface area contributed by atoms with Gasteiger partial charge in [0, 0.05) is 35.9 Å². The molecule has 0 saturated carbocycles. The van der Waals surface area contributed by atoms with Crippen molar-refractivity contribution in [2.45, 2.75) is 45.1 Å². The second kappa shape index (κ2) is 12.2. The van der Waals surface area contributed by atoms with Gasteiger partial charge < -0.3 is 14.8 Å². The van der Waals surface area contributed by atoms with Gasteiger partial charge in [0.15, 0.2) is 11.4 Å². The highest BCUT2D eigenvalue weighted by Crippen LogP contribution is 2.33. The Morgan fingerprint density at radius 2 is 1.84 bits per heavy atom. The van der Waals surface area contributed by atoms with Crippen LogP contribution in [0.3, 0.4) is 0 Å². The quantitative estimate of drug-likeness (QED) is 0.177. The first-order valence-electron chi connectivity index (χ1n) is 13.1. The lowest BCUT2D eigenvalue weighted by Gasteiger charge is -2.21. The molecular weight excluding hydrogens is 474 g/mol. The molecule has 0 amide bonds. The molecule has 0 atom stereocenters. The summed E-state index contributed by atoms with van der Waals surface area (Å²) in [5, 5.41) is 4.88. The lowest BCUT2D eigenvalue weighted by Crippen LogP contribution is -2.12. The van der Waals surface area contributed by atoms with Crippen LogP contribution < -0.4 is 10.1 Å². The van der Waals surface area contributed by atoms with Gasteiger partial charge in [0.1, 0.15) is 6.61 Å². The van der Waals surface area contributed by atoms with Crippen molar-refractivity contribution in [2.24, 2.45) is 0 Å². The molecule has 0 spiro atoms. The Bertz CT molecular complexity index is 1490. The zero-order chi connectivity index (χ0) is 26.2. The lowest BCUT2D eigenvalue weighted by atomic mass is 9.92. The molecule has 2 aromatic heterocycles. The average molecular weight is 506 g/mol. The van der Waals surface area contributed by atoms with E-state index < -0.39 is 5.97 Å². The number of rotatable bonds is 8. The number of methoxy groups -OCH3 is 1. The first-order valence-corrected chi connectivity index (χ1v) is 13.1. The third kappa shape index (κ3) is 5.78. The van der Waals surface area contributed by atoms with Crippen LogP contribution in [0.5, 0.6) is 5.75 Å². The Morgan fingerprint density at radius 1 is 1.03 bits per heavy atom. The lowest BCUT2D eigenvalue weighted by molar-refractivity contribution is 0.0588. The van der Waals surface area contributed by atoms with Crippen molar-refractivity contribution in [1.29, 1.82) is 0 Å². The zero-order valence-corrected chi connectivity index (χ0v) is 21.6. The summed E-state index contributed by atoms with van der Waals surface area (Å²) >= 11 is 0. The molecule has 38 heavy (non-hydrogen) atoms. The standard InChI is InChI=1S/C32H31N3O3/c1-37-32(36)30-31(38-22-23-12-4-2-5-13-23)24(19-21-34-30)14-6-3-11-20-33-29-25-15-7-9-17-27(25)35-28-18-10-8-16-26(28)29/h2,4-5,7,9,12-13,15,17,19,21H,3,8,10-11,16,18,20,22H2,1H3,(H,33,35). The predicted molar refractivity (Wildman–Crippen MR) is 149 cm³/mol. The van der Waals surface area contributed by atoms with E-state index in [1.165, 1.54) is 42.3 Å². The second-order valence-corrected chi connectivity index (χ2v) is 9.27. The highest BCUT2D eigenvalue weighted by molar-refractivity contribution is 5.93. The van der Waals surface area contributed by atoms with Crippen molar-refractivity contribution in [1.82, 2.24) is 9.97 Å². The molecule has 0 unspecified atom stereocenters. The van der Waals surface area contributed by atoms with Gasteiger partial charge in [-0.05, 0) is 55.4 Å². The second-order valence-electron chi connectivity index (χ2n) is 9.27. The fraction of sp³-hybridized carbons (Fsp3) is 0.281. The maximum absolute atomic E-state index is 12.3. The van der Waals surface area contributed by atoms with Crippen molar-refractivity contribution in [3.63, 3.8) is 0 Å². The number of benzene rings is 2. The Labute approximate surface area is 223 Å². The number of aryl methyl sites for hydroxylation is 1. The summed E-state index contributed by atoms with van der Waals surface area (Å²) in [7, 11) is 1.33. The number of carbonyl (C=O) groups is 1. The van der Waals surface area contributed by atoms with E-state index in [1.807, 2.05) is 36.4 Å². The van der Waals surface area contributed by atoms with E-state index in [1.54, 1.807) is 12.3 Å². The topological polar surface area (TPSA) is 73.3 Å². The third-order valence-electron chi connectivity index (χ3n) is 6.68. The molecule has 1 aliphatic rings. The van der Waals surface area contributed by atoms with Crippen molar-refractivity contribution in [3.8, 4) is 17.6 Å². The van der Waals surface area contributed by atoms with Crippen molar-refractivity contribution >= 4 is 22.6 Å². The van der Waals surface area contributed by atoms with E-state index in [9.17, 15) is 4.79 Å². The van der Waals surface area contributed by atoms with Gasteiger partial charge in [-0.15, -0.1) is 0 Å². The summed E-state index contributed by atoms with van der Waals surface area (Å²) in [5.41, 5.74) is 6.63. The zero-order valence-electron chi connectivity index (χ0n) is 21.6. The molecule has 0 bridgehead atoms. The monoisotopic (exact) mass is 505 g/mol. The molecule has 1 N–H and O–H groups in total. The first kappa shape index (κ1) is 25.3. The number of hydrogen-bond donors (Lipinski definition) is 1. The van der Waals surface area contributed by atoms with Gasteiger partial charge in [-0.3, -0.25) is 4.98 Å². The number of fused-ring (bicyclic) bond motifs is 2. The van der Waals surface area contributed by atoms with Crippen LogP contribution >= 0.6 is 0 Å². The Hall–Kier alpha value is -4.37. The van der Waals surface area contributed by atoms with Gasteiger partial charge in [0.05, 0.1) is 18.2 Å². The number of unbranched alkanes of at least 4 members (excludes halogenated alkanes) is 1. The highest BCUT2D eigenvalue weighted by atomic mass is 16.5. The largest absolute Gasteiger partial charge is 0.485 e. The van der Waals surface area contributed by atoms with Crippen LogP contribution in [0.15, 0.2) is 66.9 Å². The number of anilines is 1. The van der Waals surface area contributed by atoms with E-state index in [4.69, 9.17) is 14.5 Å². The van der Waals surface area contributed by atoms with Gasteiger partial charge in [-0.25, -0.2) is 9.78 Å². The number of hydrogen-bond acceptors (Lipinski definition) is 6. The number of esters is 1. The molecule has 6 heteroatoms. The van der Waals surface area contributed by atoms with E-state index in [2.05, 4.69) is 40.3 Å². The molecule has 1 aliphatic carbocycles. The summed E-state index contributed by atoms with van der Waals surface area (Å²) in [4.78, 5) is 21.4. The summed E-state index contributed by atoms with van der Waals surface area (Å²) in [6.07, 6.45) is 7.68. The molecule has 5 rings (SSSR count). The van der Waals surface area contributed by atoms with E-state index in [0.717, 1.165) is 36.9 Å². The number of pyridine rings is 2. The van der Waals surface area contributed by atoms with Crippen molar-refractivity contribution < 1.29 is 14.3 Å². The van der Waals surface area contributed by atoms with Crippen molar-refractivity contribution in [3.05, 3.63) is 94.9 Å². The number of ether oxygens (including phenoxy) is 2. The van der Waals surface area contributed by atoms with Gasteiger partial charge >= 0.3 is 5.97 Å². The third-order valence-corrected chi connectivity index (χ3v) is 6.68. The Morgan fingerprint density at radius 3 is 2.71 bits per heavy atom. The number of aromatic nitrogens is 2. The Kier molecular flexibility index (Phi) is 8.15. The summed E-state index contributed by atoms with van der Waals surface area (Å²) in [5.74, 6) is 6.24. The molecule has 0 saturated heterocycles. The average Bonchev–Trinajstić information content (AvgIpc) is 2.97. The van der Waals surface area contributed by atoms with Crippen LogP contribution in [0.25, 0.3) is 10.9 Å². The van der Waals surface area contributed by atoms with E-state index in [0.29, 0.717) is 24.3 Å². The number of nitrogens with zero attached hydrogens (tertiary/aromatic N) is 2. The maximum Gasteiger partial charge on any atom is 0.360 e. The van der Waals surface area contributed by atoms with Crippen LogP contribution in [-0.4, -0.2) is 29.6 Å². The molecule has 0 radical (unpaired) electrons. The minimum atomic E-state index is -0.547. The summed E-state index contributed by atoms with van der Waals surface area (Å²) < 4.78 is 10.9. The van der Waals surface area contributed by atoms with E-state index in [-0.39, 0.29) is 5.69 Å². The smallest absolute Gasteiger partial charge is 0.360 e. The van der Waals surface area contributed by atoms with Gasteiger partial charge in [0.25, 0.3) is 0 Å². The number of carbonyl (C=O) groups excluding carboxylic acids is 1. The molecule has 6 nitrogen and oxygen atoms in total. The molecule has 4 aromatic rings. The number of nitrogens with one attached hydrogen (secondary N) is 1. The maximum atomic E-state index is 12.3. The van der Waals surface area contributed by atoms with Gasteiger partial charge in [-0.2, -0.15) is 0 Å². The fourth-order valence-corrected chi connectivity index (χ4v) is 4.79. The van der Waals surface area contributed by atoms with Crippen LogP contribution in [0.1, 0.15) is 58.6 Å². The SMILES string of the molecule is COC(=O)c1nccc(C#CCCCNc2c3c(nc4ccccc24)CCCC3)c1OCc1ccccc1. The summed E-state index contributed by atoms with van der Waals surface area (Å²) in [6, 6.07) is 19.9. The predicted octanol–water partition coefficient (Wildman–Crippen LogP) is 6.12.